The Morgan fingerprint density at radius 1 is 0.912 bits per heavy atom. The molecule has 0 aliphatic heterocycles. The average molecular weight is 491 g/mol. The maximum Gasteiger partial charge on any atom is 0.243 e. The van der Waals surface area contributed by atoms with Crippen molar-refractivity contribution < 1.29 is 31.1 Å². The third-order valence-corrected chi connectivity index (χ3v) is 7.01. The van der Waals surface area contributed by atoms with E-state index >= 15 is 0 Å². The third kappa shape index (κ3) is 4.22. The lowest BCUT2D eigenvalue weighted by Crippen LogP contribution is -2.30. The molecule has 2 N–H and O–H groups in total. The average Bonchev–Trinajstić information content (AvgIpc) is 3.26. The highest BCUT2D eigenvalue weighted by molar-refractivity contribution is 7.89. The minimum Gasteiger partial charge on any atom is -0.493 e. The normalized spacial score (nSPS) is 12.6. The summed E-state index contributed by atoms with van der Waals surface area (Å²) in [5.74, 6) is -4.88. The molecule has 1 atom stereocenters. The molecule has 1 aromatic heterocycles. The first-order chi connectivity index (χ1) is 16.3. The number of aromatic amines is 1. The van der Waals surface area contributed by atoms with E-state index in [-0.39, 0.29) is 6.54 Å². The Bertz CT molecular complexity index is 1450. The molecule has 0 spiro atoms. The Morgan fingerprint density at radius 3 is 2.41 bits per heavy atom. The molecule has 0 radical (unpaired) electrons. The van der Waals surface area contributed by atoms with Gasteiger partial charge in [-0.25, -0.2) is 26.3 Å². The standard InChI is InChI=1S/C24H21F3N2O4S/c1-32-20-9-5-7-15(24(20)33-2)17(16-12-28-19-8-4-3-6-14(16)19)13-29-34(30,31)21-11-10-18(25)22(26)23(21)27/h3-12,17,28-29H,13H2,1-2H3/t17-/m1/s1. The molecule has 0 saturated carbocycles. The molecule has 4 rings (SSSR count). The van der Waals surface area contributed by atoms with Crippen LogP contribution in [0.15, 0.2) is 65.7 Å². The minimum atomic E-state index is -4.53. The van der Waals surface area contributed by atoms with Crippen LogP contribution >= 0.6 is 0 Å². The van der Waals surface area contributed by atoms with Gasteiger partial charge in [0.15, 0.2) is 29.0 Å². The maximum absolute atomic E-state index is 14.2. The molecule has 10 heteroatoms. The SMILES string of the molecule is COc1cccc([C@@H](CNS(=O)(=O)c2ccc(F)c(F)c2F)c2c[nH]c3ccccc23)c1OC. The molecule has 0 unspecified atom stereocenters. The van der Waals surface area contributed by atoms with Gasteiger partial charge in [-0.2, -0.15) is 0 Å². The van der Waals surface area contributed by atoms with Crippen LogP contribution < -0.4 is 14.2 Å². The van der Waals surface area contributed by atoms with Gasteiger partial charge in [0.1, 0.15) is 4.90 Å². The summed E-state index contributed by atoms with van der Waals surface area (Å²) in [6, 6.07) is 13.9. The molecule has 0 bridgehead atoms. The number of benzene rings is 3. The van der Waals surface area contributed by atoms with Crippen molar-refractivity contribution in [1.82, 2.24) is 9.71 Å². The number of H-pyrrole nitrogens is 1. The summed E-state index contributed by atoms with van der Waals surface area (Å²) in [6.45, 7) is -0.230. The van der Waals surface area contributed by atoms with E-state index in [0.717, 1.165) is 16.5 Å². The number of methoxy groups -OCH3 is 2. The fourth-order valence-corrected chi connectivity index (χ4v) is 5.06. The van der Waals surface area contributed by atoms with Crippen molar-refractivity contribution in [2.24, 2.45) is 0 Å². The lowest BCUT2D eigenvalue weighted by molar-refractivity contribution is 0.350. The highest BCUT2D eigenvalue weighted by Crippen LogP contribution is 2.40. The highest BCUT2D eigenvalue weighted by atomic mass is 32.2. The third-order valence-electron chi connectivity index (χ3n) is 5.57. The number of fused-ring (bicyclic) bond motifs is 1. The van der Waals surface area contributed by atoms with E-state index in [1.54, 1.807) is 24.4 Å². The maximum atomic E-state index is 14.2. The summed E-state index contributed by atoms with van der Waals surface area (Å²) in [5.41, 5.74) is 2.19. The van der Waals surface area contributed by atoms with E-state index in [0.29, 0.717) is 29.2 Å². The number of hydrogen-bond acceptors (Lipinski definition) is 4. The van der Waals surface area contributed by atoms with Crippen molar-refractivity contribution >= 4 is 20.9 Å². The van der Waals surface area contributed by atoms with Crippen LogP contribution in [0.5, 0.6) is 11.5 Å². The quantitative estimate of drug-likeness (QED) is 0.351. The van der Waals surface area contributed by atoms with Crippen molar-refractivity contribution in [2.75, 3.05) is 20.8 Å². The molecule has 0 aliphatic carbocycles. The molecule has 0 aliphatic rings. The molecule has 178 valence electrons. The first kappa shape index (κ1) is 23.7. The lowest BCUT2D eigenvalue weighted by Gasteiger charge is -2.22. The number of para-hydroxylation sites is 2. The number of nitrogens with one attached hydrogen (secondary N) is 2. The molecule has 3 aromatic carbocycles. The zero-order valence-electron chi connectivity index (χ0n) is 18.2. The van der Waals surface area contributed by atoms with Crippen molar-refractivity contribution in [3.8, 4) is 11.5 Å². The molecule has 0 saturated heterocycles. The molecule has 4 aromatic rings. The highest BCUT2D eigenvalue weighted by Gasteiger charge is 2.28. The van der Waals surface area contributed by atoms with Crippen LogP contribution in [0.1, 0.15) is 17.0 Å². The molecular formula is C24H21F3N2O4S. The Balaban J connectivity index is 1.80. The smallest absolute Gasteiger partial charge is 0.243 e. The van der Waals surface area contributed by atoms with Gasteiger partial charge in [0, 0.05) is 35.1 Å². The van der Waals surface area contributed by atoms with Crippen LogP contribution in [0.3, 0.4) is 0 Å². The van der Waals surface area contributed by atoms with Crippen LogP contribution in [-0.2, 0) is 10.0 Å². The van der Waals surface area contributed by atoms with Gasteiger partial charge in [0.2, 0.25) is 10.0 Å². The van der Waals surface area contributed by atoms with Gasteiger partial charge in [0.05, 0.1) is 14.2 Å². The summed E-state index contributed by atoms with van der Waals surface area (Å²) in [4.78, 5) is 2.17. The van der Waals surface area contributed by atoms with Crippen LogP contribution in [0.25, 0.3) is 10.9 Å². The second-order valence-corrected chi connectivity index (χ2v) is 9.19. The van der Waals surface area contributed by atoms with Crippen LogP contribution in [0, 0.1) is 17.5 Å². The molecule has 0 amide bonds. The zero-order chi connectivity index (χ0) is 24.5. The van der Waals surface area contributed by atoms with E-state index in [4.69, 9.17) is 9.47 Å². The Labute approximate surface area is 194 Å². The van der Waals surface area contributed by atoms with Crippen LogP contribution in [0.4, 0.5) is 13.2 Å². The van der Waals surface area contributed by atoms with E-state index in [1.165, 1.54) is 14.2 Å². The molecule has 6 nitrogen and oxygen atoms in total. The molecule has 34 heavy (non-hydrogen) atoms. The first-order valence-electron chi connectivity index (χ1n) is 10.2. The van der Waals surface area contributed by atoms with E-state index < -0.39 is 38.3 Å². The predicted molar refractivity (Wildman–Crippen MR) is 121 cm³/mol. The Hall–Kier alpha value is -3.50. The topological polar surface area (TPSA) is 80.4 Å². The number of aromatic nitrogens is 1. The van der Waals surface area contributed by atoms with Crippen LogP contribution in [0.2, 0.25) is 0 Å². The fraction of sp³-hybridized carbons (Fsp3) is 0.167. The lowest BCUT2D eigenvalue weighted by atomic mass is 9.90. The van der Waals surface area contributed by atoms with Crippen LogP contribution in [-0.4, -0.2) is 34.2 Å². The van der Waals surface area contributed by atoms with Gasteiger partial charge >= 0.3 is 0 Å². The van der Waals surface area contributed by atoms with Crippen molar-refractivity contribution in [3.05, 3.63) is 89.4 Å². The molecule has 0 fully saturated rings. The second-order valence-electron chi connectivity index (χ2n) is 7.45. The van der Waals surface area contributed by atoms with Gasteiger partial charge < -0.3 is 14.5 Å². The summed E-state index contributed by atoms with van der Waals surface area (Å²) in [6.07, 6.45) is 1.75. The summed E-state index contributed by atoms with van der Waals surface area (Å²) < 4.78 is 80.2. The Kier molecular flexibility index (Phi) is 6.54. The first-order valence-corrected chi connectivity index (χ1v) is 11.7. The van der Waals surface area contributed by atoms with Gasteiger partial charge in [0.25, 0.3) is 0 Å². The van der Waals surface area contributed by atoms with Gasteiger partial charge in [-0.3, -0.25) is 0 Å². The number of halogens is 3. The number of rotatable bonds is 8. The van der Waals surface area contributed by atoms with Crippen molar-refractivity contribution in [1.29, 1.82) is 0 Å². The minimum absolute atomic E-state index is 0.230. The van der Waals surface area contributed by atoms with Gasteiger partial charge in [-0.05, 0) is 29.8 Å². The summed E-state index contributed by atoms with van der Waals surface area (Å²) in [5, 5.41) is 0.843. The van der Waals surface area contributed by atoms with E-state index in [9.17, 15) is 21.6 Å². The monoisotopic (exact) mass is 490 g/mol. The van der Waals surface area contributed by atoms with Crippen molar-refractivity contribution in [2.45, 2.75) is 10.8 Å². The van der Waals surface area contributed by atoms with Crippen molar-refractivity contribution in [3.63, 3.8) is 0 Å². The largest absolute Gasteiger partial charge is 0.493 e. The van der Waals surface area contributed by atoms with E-state index in [2.05, 4.69) is 9.71 Å². The molecule has 1 heterocycles. The number of hydrogen-bond donors (Lipinski definition) is 2. The fourth-order valence-electron chi connectivity index (χ4n) is 3.94. The zero-order valence-corrected chi connectivity index (χ0v) is 19.0. The predicted octanol–water partition coefficient (Wildman–Crippen LogP) is 4.71. The number of sulfonamides is 1. The second kappa shape index (κ2) is 9.40. The summed E-state index contributed by atoms with van der Waals surface area (Å²) >= 11 is 0. The van der Waals surface area contributed by atoms with Gasteiger partial charge in [-0.15, -0.1) is 0 Å². The summed E-state index contributed by atoms with van der Waals surface area (Å²) in [7, 11) is -1.58. The Morgan fingerprint density at radius 2 is 1.68 bits per heavy atom. The molecular weight excluding hydrogens is 469 g/mol. The number of ether oxygens (including phenoxy) is 2. The van der Waals surface area contributed by atoms with E-state index in [1.807, 2.05) is 24.3 Å². The van der Waals surface area contributed by atoms with Gasteiger partial charge in [-0.1, -0.05) is 30.3 Å².